The first-order valence-corrected chi connectivity index (χ1v) is 8.45. The van der Waals surface area contributed by atoms with Gasteiger partial charge in [0.05, 0.1) is 11.1 Å². The molecule has 0 amide bonds. The number of ether oxygens (including phenoxy) is 1. The number of carbonyl (C=O) groups excluding carboxylic acids is 1. The van der Waals surface area contributed by atoms with Gasteiger partial charge in [-0.3, -0.25) is 0 Å². The van der Waals surface area contributed by atoms with Crippen LogP contribution in [0.2, 0.25) is 0 Å². The van der Waals surface area contributed by atoms with Crippen molar-refractivity contribution in [3.05, 3.63) is 69.8 Å². The van der Waals surface area contributed by atoms with Crippen LogP contribution in [0.15, 0.2) is 35.9 Å². The van der Waals surface area contributed by atoms with Gasteiger partial charge in [-0.25, -0.2) is 13.6 Å². The first kappa shape index (κ1) is 17.8. The molecule has 0 spiro atoms. The maximum atomic E-state index is 14.4. The van der Waals surface area contributed by atoms with Crippen LogP contribution in [-0.2, 0) is 6.42 Å². The van der Waals surface area contributed by atoms with Gasteiger partial charge >= 0.3 is 5.97 Å². The van der Waals surface area contributed by atoms with E-state index < -0.39 is 17.6 Å². The van der Waals surface area contributed by atoms with Crippen LogP contribution >= 0.6 is 0 Å². The summed E-state index contributed by atoms with van der Waals surface area (Å²) in [5, 5.41) is 8.72. The van der Waals surface area contributed by atoms with E-state index in [1.54, 1.807) is 6.07 Å². The Hall–Kier alpha value is -3.00. The van der Waals surface area contributed by atoms with E-state index in [0.717, 1.165) is 42.9 Å². The summed E-state index contributed by atoms with van der Waals surface area (Å²) in [7, 11) is 0. The number of fused-ring (bicyclic) bond motifs is 1. The second-order valence-corrected chi connectivity index (χ2v) is 6.23. The molecule has 26 heavy (non-hydrogen) atoms. The largest absolute Gasteiger partial charge is 0.423 e. The lowest BCUT2D eigenvalue weighted by Gasteiger charge is -2.17. The minimum Gasteiger partial charge on any atom is -0.423 e. The zero-order chi connectivity index (χ0) is 18.7. The number of halogens is 2. The smallest absolute Gasteiger partial charge is 0.346 e. The van der Waals surface area contributed by atoms with Gasteiger partial charge in [0.25, 0.3) is 0 Å². The van der Waals surface area contributed by atoms with Gasteiger partial charge in [0.2, 0.25) is 0 Å². The van der Waals surface area contributed by atoms with Crippen molar-refractivity contribution in [2.24, 2.45) is 0 Å². The number of hydrogen-bond donors (Lipinski definition) is 0. The van der Waals surface area contributed by atoms with E-state index in [2.05, 4.69) is 6.92 Å². The Morgan fingerprint density at radius 2 is 2.00 bits per heavy atom. The van der Waals surface area contributed by atoms with Gasteiger partial charge in [-0.15, -0.1) is 0 Å². The monoisotopic (exact) mass is 353 g/mol. The Labute approximate surface area is 150 Å². The van der Waals surface area contributed by atoms with E-state index in [1.165, 1.54) is 29.8 Å². The molecule has 5 heteroatoms. The van der Waals surface area contributed by atoms with Crippen LogP contribution in [0.3, 0.4) is 0 Å². The molecule has 2 aromatic rings. The summed E-state index contributed by atoms with van der Waals surface area (Å²) in [5.41, 5.74) is 2.63. The quantitative estimate of drug-likeness (QED) is 0.562. The second-order valence-electron chi connectivity index (χ2n) is 6.23. The number of benzene rings is 2. The number of esters is 1. The Morgan fingerprint density at radius 3 is 2.69 bits per heavy atom. The van der Waals surface area contributed by atoms with E-state index >= 15 is 0 Å². The first-order valence-electron chi connectivity index (χ1n) is 8.45. The third-order valence-electron chi connectivity index (χ3n) is 4.37. The summed E-state index contributed by atoms with van der Waals surface area (Å²) in [6.07, 6.45) is 5.63. The van der Waals surface area contributed by atoms with Gasteiger partial charge in [0.1, 0.15) is 23.5 Å². The average Bonchev–Trinajstić information content (AvgIpc) is 2.61. The van der Waals surface area contributed by atoms with Crippen molar-refractivity contribution in [1.29, 1.82) is 5.26 Å². The fraction of sp³-hybridized carbons (Fsp3) is 0.238. The standard InChI is InChI=1S/C21H17F2NO2/c1-2-3-13-4-5-14-9-18(20(23)10-16(14)8-13)21(25)26-17-7-6-15(12-24)19(22)11-17/h6-11H,2-5H2,1H3. The SMILES string of the molecule is CCCC1=Cc2cc(F)c(C(=O)Oc3ccc(C#N)c(F)c3)cc2CC1. The van der Waals surface area contributed by atoms with E-state index in [0.29, 0.717) is 0 Å². The number of nitrogens with zero attached hydrogens (tertiary/aromatic N) is 1. The maximum Gasteiger partial charge on any atom is 0.346 e. The summed E-state index contributed by atoms with van der Waals surface area (Å²) in [4.78, 5) is 12.3. The van der Waals surface area contributed by atoms with Crippen molar-refractivity contribution in [3.63, 3.8) is 0 Å². The van der Waals surface area contributed by atoms with Crippen molar-refractivity contribution >= 4 is 12.0 Å². The molecule has 3 nitrogen and oxygen atoms in total. The molecule has 0 N–H and O–H groups in total. The minimum absolute atomic E-state index is 0.0752. The lowest BCUT2D eigenvalue weighted by Crippen LogP contribution is -2.13. The molecule has 0 saturated carbocycles. The van der Waals surface area contributed by atoms with E-state index in [4.69, 9.17) is 10.00 Å². The number of hydrogen-bond acceptors (Lipinski definition) is 3. The Morgan fingerprint density at radius 1 is 1.19 bits per heavy atom. The molecule has 0 bridgehead atoms. The summed E-state index contributed by atoms with van der Waals surface area (Å²) in [6.45, 7) is 2.10. The molecule has 0 saturated heterocycles. The topological polar surface area (TPSA) is 50.1 Å². The molecule has 0 radical (unpaired) electrons. The van der Waals surface area contributed by atoms with Crippen LogP contribution in [-0.4, -0.2) is 5.97 Å². The highest BCUT2D eigenvalue weighted by atomic mass is 19.1. The fourth-order valence-electron chi connectivity index (χ4n) is 3.06. The number of aryl methyl sites for hydroxylation is 1. The number of rotatable bonds is 4. The van der Waals surface area contributed by atoms with Gasteiger partial charge in [0.15, 0.2) is 0 Å². The predicted octanol–water partition coefficient (Wildman–Crippen LogP) is 5.19. The van der Waals surface area contributed by atoms with Crippen molar-refractivity contribution in [1.82, 2.24) is 0 Å². The molecule has 0 atom stereocenters. The van der Waals surface area contributed by atoms with Crippen molar-refractivity contribution < 1.29 is 18.3 Å². The highest BCUT2D eigenvalue weighted by Crippen LogP contribution is 2.29. The molecule has 0 fully saturated rings. The molecular weight excluding hydrogens is 336 g/mol. The summed E-state index contributed by atoms with van der Waals surface area (Å²) in [5.74, 6) is -2.43. The maximum absolute atomic E-state index is 14.4. The van der Waals surface area contributed by atoms with Crippen molar-refractivity contribution in [2.75, 3.05) is 0 Å². The van der Waals surface area contributed by atoms with Gasteiger partial charge in [-0.1, -0.05) is 25.0 Å². The van der Waals surface area contributed by atoms with Gasteiger partial charge < -0.3 is 4.74 Å². The third kappa shape index (κ3) is 3.65. The second kappa shape index (κ2) is 7.49. The van der Waals surface area contributed by atoms with Crippen LogP contribution in [0.1, 0.15) is 53.2 Å². The molecule has 0 aliphatic heterocycles. The van der Waals surface area contributed by atoms with Crippen molar-refractivity contribution in [3.8, 4) is 11.8 Å². The van der Waals surface area contributed by atoms with Crippen LogP contribution in [0, 0.1) is 23.0 Å². The molecule has 1 aliphatic carbocycles. The normalized spacial score (nSPS) is 12.8. The molecule has 1 aliphatic rings. The van der Waals surface area contributed by atoms with Crippen LogP contribution in [0.4, 0.5) is 8.78 Å². The highest BCUT2D eigenvalue weighted by molar-refractivity contribution is 5.92. The van der Waals surface area contributed by atoms with Crippen molar-refractivity contribution in [2.45, 2.75) is 32.6 Å². The Bertz CT molecular complexity index is 942. The number of allylic oxidation sites excluding steroid dienone is 1. The average molecular weight is 353 g/mol. The minimum atomic E-state index is -0.891. The van der Waals surface area contributed by atoms with Crippen LogP contribution < -0.4 is 4.74 Å². The molecule has 0 unspecified atom stereocenters. The molecule has 0 aromatic heterocycles. The van der Waals surface area contributed by atoms with Crippen LogP contribution in [0.5, 0.6) is 5.75 Å². The molecule has 0 heterocycles. The highest BCUT2D eigenvalue weighted by Gasteiger charge is 2.20. The van der Waals surface area contributed by atoms with E-state index in [1.807, 2.05) is 6.08 Å². The van der Waals surface area contributed by atoms with Gasteiger partial charge in [-0.05, 0) is 54.7 Å². The predicted molar refractivity (Wildman–Crippen MR) is 93.7 cm³/mol. The molecule has 132 valence electrons. The van der Waals surface area contributed by atoms with Gasteiger partial charge in [-0.2, -0.15) is 5.26 Å². The Kier molecular flexibility index (Phi) is 5.13. The Balaban J connectivity index is 1.85. The fourth-order valence-corrected chi connectivity index (χ4v) is 3.06. The number of nitriles is 1. The van der Waals surface area contributed by atoms with Gasteiger partial charge in [0, 0.05) is 6.07 Å². The third-order valence-corrected chi connectivity index (χ3v) is 4.37. The van der Waals surface area contributed by atoms with E-state index in [-0.39, 0.29) is 16.9 Å². The zero-order valence-corrected chi connectivity index (χ0v) is 14.3. The zero-order valence-electron chi connectivity index (χ0n) is 14.3. The van der Waals surface area contributed by atoms with Crippen LogP contribution in [0.25, 0.3) is 6.08 Å². The molecule has 2 aromatic carbocycles. The summed E-state index contributed by atoms with van der Waals surface area (Å²) in [6, 6.07) is 7.98. The lowest BCUT2D eigenvalue weighted by atomic mass is 9.89. The lowest BCUT2D eigenvalue weighted by molar-refractivity contribution is 0.0729. The molecular formula is C21H17F2NO2. The molecule has 3 rings (SSSR count). The summed E-state index contributed by atoms with van der Waals surface area (Å²) >= 11 is 0. The number of carbonyl (C=O) groups is 1. The summed E-state index contributed by atoms with van der Waals surface area (Å²) < 4.78 is 33.1. The first-order chi connectivity index (χ1) is 12.5. The van der Waals surface area contributed by atoms with E-state index in [9.17, 15) is 13.6 Å².